The van der Waals surface area contributed by atoms with Crippen molar-refractivity contribution in [3.8, 4) is 0 Å². The maximum absolute atomic E-state index is 2.29. The van der Waals surface area contributed by atoms with Crippen LogP contribution >= 0.6 is 0 Å². The van der Waals surface area contributed by atoms with Crippen LogP contribution < -0.4 is 0 Å². The van der Waals surface area contributed by atoms with Gasteiger partial charge in [0.25, 0.3) is 0 Å². The van der Waals surface area contributed by atoms with E-state index in [0.29, 0.717) is 0 Å². The van der Waals surface area contributed by atoms with Gasteiger partial charge in [-0.2, -0.15) is 0 Å². The maximum atomic E-state index is 2.29. The zero-order valence-corrected chi connectivity index (χ0v) is 13.1. The van der Waals surface area contributed by atoms with E-state index in [4.69, 9.17) is 0 Å². The molecule has 0 fully saturated rings. The minimum Gasteiger partial charge on any atom is -0.0654 e. The van der Waals surface area contributed by atoms with Crippen molar-refractivity contribution in [1.82, 2.24) is 0 Å². The third-order valence-corrected chi connectivity index (χ3v) is 3.46. The van der Waals surface area contributed by atoms with Crippen molar-refractivity contribution in [2.75, 3.05) is 0 Å². The Bertz CT molecular complexity index is 98.1. The zero-order valence-electron chi connectivity index (χ0n) is 12.2. The van der Waals surface area contributed by atoms with Gasteiger partial charge in [0.15, 0.2) is 0 Å². The largest absolute Gasteiger partial charge is 0.0654 e. The Balaban J connectivity index is 0. The standard InChI is InChI=1S/C16H34.Cu/c1-3-5-7-9-11-13-15-16-14-12-10-8-6-4-2;/h3-16H2,1-2H3;. The van der Waals surface area contributed by atoms with Gasteiger partial charge >= 0.3 is 0 Å². The van der Waals surface area contributed by atoms with Gasteiger partial charge in [-0.3, -0.25) is 0 Å². The molecular weight excluding hydrogens is 256 g/mol. The Kier molecular flexibility index (Phi) is 22.0. The summed E-state index contributed by atoms with van der Waals surface area (Å²) in [4.78, 5) is 0. The van der Waals surface area contributed by atoms with E-state index >= 15 is 0 Å². The average molecular weight is 290 g/mol. The molecule has 0 unspecified atom stereocenters. The fourth-order valence-electron chi connectivity index (χ4n) is 2.27. The van der Waals surface area contributed by atoms with Crippen molar-refractivity contribution in [2.45, 2.75) is 104 Å². The smallest absolute Gasteiger partial charge is 0 e. The van der Waals surface area contributed by atoms with Gasteiger partial charge in [0.2, 0.25) is 0 Å². The first kappa shape index (κ1) is 19.8. The van der Waals surface area contributed by atoms with Crippen molar-refractivity contribution in [3.05, 3.63) is 0 Å². The van der Waals surface area contributed by atoms with Crippen molar-refractivity contribution in [3.63, 3.8) is 0 Å². The molecule has 0 aromatic heterocycles. The number of hydrogen-bond acceptors (Lipinski definition) is 0. The van der Waals surface area contributed by atoms with Gasteiger partial charge in [0, 0.05) is 17.1 Å². The molecule has 0 nitrogen and oxygen atoms in total. The van der Waals surface area contributed by atoms with E-state index in [2.05, 4.69) is 13.8 Å². The predicted octanol–water partition coefficient (Wildman–Crippen LogP) is 6.49. The van der Waals surface area contributed by atoms with Gasteiger partial charge in [-0.05, 0) is 0 Å². The molecule has 0 heterocycles. The molecule has 0 aliphatic carbocycles. The summed E-state index contributed by atoms with van der Waals surface area (Å²) in [5, 5.41) is 0. The van der Waals surface area contributed by atoms with Crippen LogP contribution in [0.5, 0.6) is 0 Å². The molecule has 0 saturated carbocycles. The molecule has 109 valence electrons. The second-order valence-corrected chi connectivity index (χ2v) is 5.24. The number of unbranched alkanes of at least 4 members (excludes halogenated alkanes) is 13. The first-order chi connectivity index (χ1) is 7.91. The van der Waals surface area contributed by atoms with Crippen molar-refractivity contribution >= 4 is 0 Å². The number of rotatable bonds is 13. The third kappa shape index (κ3) is 19.1. The van der Waals surface area contributed by atoms with Crippen LogP contribution in [0.4, 0.5) is 0 Å². The van der Waals surface area contributed by atoms with Gasteiger partial charge in [-0.1, -0.05) is 104 Å². The normalized spacial score (nSPS) is 10.2. The summed E-state index contributed by atoms with van der Waals surface area (Å²) in [5.74, 6) is 0. The van der Waals surface area contributed by atoms with E-state index in [1.807, 2.05) is 0 Å². The maximum Gasteiger partial charge on any atom is 0 e. The van der Waals surface area contributed by atoms with Crippen molar-refractivity contribution in [1.29, 1.82) is 0 Å². The van der Waals surface area contributed by atoms with Crippen LogP contribution in [0.3, 0.4) is 0 Å². The Hall–Kier alpha value is 0.519. The summed E-state index contributed by atoms with van der Waals surface area (Å²) < 4.78 is 0. The summed E-state index contributed by atoms with van der Waals surface area (Å²) in [7, 11) is 0. The molecule has 17 heavy (non-hydrogen) atoms. The molecule has 0 bridgehead atoms. The summed E-state index contributed by atoms with van der Waals surface area (Å²) in [6, 6.07) is 0. The molecule has 0 aliphatic rings. The molecule has 0 rings (SSSR count). The van der Waals surface area contributed by atoms with Crippen LogP contribution in [-0.4, -0.2) is 0 Å². The quantitative estimate of drug-likeness (QED) is 0.269. The van der Waals surface area contributed by atoms with Gasteiger partial charge in [-0.15, -0.1) is 0 Å². The van der Waals surface area contributed by atoms with E-state index in [1.165, 1.54) is 89.9 Å². The molecule has 0 amide bonds. The van der Waals surface area contributed by atoms with Crippen LogP contribution in [0.2, 0.25) is 0 Å². The van der Waals surface area contributed by atoms with E-state index in [0.717, 1.165) is 0 Å². The van der Waals surface area contributed by atoms with Crippen LogP contribution in [-0.2, 0) is 17.1 Å². The van der Waals surface area contributed by atoms with Gasteiger partial charge < -0.3 is 0 Å². The first-order valence-corrected chi connectivity index (χ1v) is 7.91. The predicted molar refractivity (Wildman–Crippen MR) is 76.0 cm³/mol. The van der Waals surface area contributed by atoms with Crippen LogP contribution in [0.15, 0.2) is 0 Å². The minimum atomic E-state index is 0. The van der Waals surface area contributed by atoms with Gasteiger partial charge in [-0.25, -0.2) is 0 Å². The Morgan fingerprint density at radius 2 is 0.529 bits per heavy atom. The zero-order chi connectivity index (χ0) is 11.9. The molecule has 1 heteroatoms. The van der Waals surface area contributed by atoms with Gasteiger partial charge in [0.1, 0.15) is 0 Å². The second-order valence-electron chi connectivity index (χ2n) is 5.24. The molecule has 0 atom stereocenters. The van der Waals surface area contributed by atoms with Crippen LogP contribution in [0.1, 0.15) is 104 Å². The molecular formula is C16H34Cu. The van der Waals surface area contributed by atoms with Crippen molar-refractivity contribution in [2.24, 2.45) is 0 Å². The van der Waals surface area contributed by atoms with E-state index in [9.17, 15) is 0 Å². The van der Waals surface area contributed by atoms with Crippen molar-refractivity contribution < 1.29 is 17.1 Å². The molecule has 1 radical (unpaired) electrons. The summed E-state index contributed by atoms with van der Waals surface area (Å²) in [6.07, 6.45) is 20.4. The molecule has 0 aromatic rings. The van der Waals surface area contributed by atoms with Crippen LogP contribution in [0.25, 0.3) is 0 Å². The molecule has 0 aliphatic heterocycles. The van der Waals surface area contributed by atoms with E-state index < -0.39 is 0 Å². The molecule has 0 saturated heterocycles. The van der Waals surface area contributed by atoms with E-state index in [1.54, 1.807) is 0 Å². The summed E-state index contributed by atoms with van der Waals surface area (Å²) >= 11 is 0. The molecule has 0 aromatic carbocycles. The monoisotopic (exact) mass is 289 g/mol. The SMILES string of the molecule is CCCCCCCCCCCCCCCC.[Cu]. The van der Waals surface area contributed by atoms with Gasteiger partial charge in [0.05, 0.1) is 0 Å². The first-order valence-electron chi connectivity index (χ1n) is 7.91. The Morgan fingerprint density at radius 1 is 0.353 bits per heavy atom. The number of hydrogen-bond donors (Lipinski definition) is 0. The van der Waals surface area contributed by atoms with Crippen LogP contribution in [0, 0.1) is 0 Å². The Labute approximate surface area is 121 Å². The summed E-state index contributed by atoms with van der Waals surface area (Å²) in [6.45, 7) is 4.58. The van der Waals surface area contributed by atoms with E-state index in [-0.39, 0.29) is 17.1 Å². The summed E-state index contributed by atoms with van der Waals surface area (Å²) in [5.41, 5.74) is 0. The average Bonchev–Trinajstić information content (AvgIpc) is 2.31. The third-order valence-electron chi connectivity index (χ3n) is 3.46. The fraction of sp³-hybridized carbons (Fsp3) is 1.00. The molecule has 0 spiro atoms. The Morgan fingerprint density at radius 3 is 0.706 bits per heavy atom. The fourth-order valence-corrected chi connectivity index (χ4v) is 2.27. The minimum absolute atomic E-state index is 0. The topological polar surface area (TPSA) is 0 Å². The molecule has 0 N–H and O–H groups in total. The second kappa shape index (κ2) is 18.9.